The van der Waals surface area contributed by atoms with E-state index >= 15 is 0 Å². The second kappa shape index (κ2) is 10.7. The topological polar surface area (TPSA) is 66.5 Å². The number of rotatable bonds is 12. The van der Waals surface area contributed by atoms with Crippen molar-refractivity contribution in [1.82, 2.24) is 4.48 Å². The molecule has 0 saturated carbocycles. The predicted octanol–water partition coefficient (Wildman–Crippen LogP) is 2.06. The Morgan fingerprint density at radius 2 is 1.64 bits per heavy atom. The van der Waals surface area contributed by atoms with Crippen LogP contribution < -0.4 is 10.2 Å². The van der Waals surface area contributed by atoms with Gasteiger partial charge in [0.2, 0.25) is 0 Å². The third kappa shape index (κ3) is 5.69. The van der Waals surface area contributed by atoms with Gasteiger partial charge in [-0.2, -0.15) is 0 Å². The molecular weight excluding hydrogens is 276 g/mol. The molecule has 0 radical (unpaired) electrons. The van der Waals surface area contributed by atoms with Crippen LogP contribution in [0.3, 0.4) is 0 Å². The molecule has 4 N–H and O–H groups in total. The van der Waals surface area contributed by atoms with E-state index in [4.69, 9.17) is 5.73 Å². The molecular formula is C18H33N2O2+. The largest absolute Gasteiger partial charge is 0.396 e. The highest BCUT2D eigenvalue weighted by Crippen LogP contribution is 2.25. The highest BCUT2D eigenvalue weighted by Gasteiger charge is 2.28. The van der Waals surface area contributed by atoms with Gasteiger partial charge in [-0.05, 0) is 49.9 Å². The second-order valence-electron chi connectivity index (χ2n) is 6.03. The molecule has 0 aliphatic rings. The maximum atomic E-state index is 9.50. The van der Waals surface area contributed by atoms with E-state index in [-0.39, 0.29) is 13.2 Å². The second-order valence-corrected chi connectivity index (χ2v) is 6.03. The summed E-state index contributed by atoms with van der Waals surface area (Å²) in [7, 11) is 0. The SMILES string of the molecule is CCC[N+](CCO)(CCCO)c1ccc(CCCCN)cc1. The van der Waals surface area contributed by atoms with Crippen LogP contribution in [0, 0.1) is 0 Å². The first-order valence-electron chi connectivity index (χ1n) is 8.60. The molecule has 1 rings (SSSR count). The van der Waals surface area contributed by atoms with Crippen LogP contribution >= 0.6 is 0 Å². The number of nitrogens with zero attached hydrogens (tertiary/aromatic N) is 1. The summed E-state index contributed by atoms with van der Waals surface area (Å²) in [6, 6.07) is 8.79. The van der Waals surface area contributed by atoms with Crippen LogP contribution in [0.4, 0.5) is 5.69 Å². The maximum Gasteiger partial charge on any atom is 0.132 e. The Kier molecular flexibility index (Phi) is 9.32. The normalized spacial score (nSPS) is 14.0. The monoisotopic (exact) mass is 309 g/mol. The van der Waals surface area contributed by atoms with Gasteiger partial charge in [-0.3, -0.25) is 4.48 Å². The molecule has 0 fully saturated rings. The van der Waals surface area contributed by atoms with Gasteiger partial charge < -0.3 is 15.9 Å². The van der Waals surface area contributed by atoms with E-state index in [1.54, 1.807) is 0 Å². The van der Waals surface area contributed by atoms with Crippen molar-refractivity contribution in [2.24, 2.45) is 5.73 Å². The molecule has 1 atom stereocenters. The van der Waals surface area contributed by atoms with E-state index in [1.807, 2.05) is 0 Å². The van der Waals surface area contributed by atoms with Crippen molar-refractivity contribution < 1.29 is 10.2 Å². The summed E-state index contributed by atoms with van der Waals surface area (Å²) in [5, 5.41) is 18.7. The summed E-state index contributed by atoms with van der Waals surface area (Å²) < 4.78 is 0.761. The first kappa shape index (κ1) is 19.1. The Bertz CT molecular complexity index is 387. The molecule has 0 spiro atoms. The highest BCUT2D eigenvalue weighted by molar-refractivity contribution is 5.44. The van der Waals surface area contributed by atoms with Crippen molar-refractivity contribution in [2.45, 2.75) is 39.0 Å². The van der Waals surface area contributed by atoms with Crippen molar-refractivity contribution in [3.8, 4) is 0 Å². The zero-order valence-corrected chi connectivity index (χ0v) is 14.0. The smallest absolute Gasteiger partial charge is 0.132 e. The molecule has 126 valence electrons. The van der Waals surface area contributed by atoms with Gasteiger partial charge in [0, 0.05) is 13.0 Å². The minimum Gasteiger partial charge on any atom is -0.396 e. The van der Waals surface area contributed by atoms with Gasteiger partial charge in [0.1, 0.15) is 12.2 Å². The summed E-state index contributed by atoms with van der Waals surface area (Å²) in [5.74, 6) is 0. The van der Waals surface area contributed by atoms with Crippen LogP contribution in [0.25, 0.3) is 0 Å². The minimum absolute atomic E-state index is 0.170. The molecule has 0 amide bonds. The first-order valence-corrected chi connectivity index (χ1v) is 8.60. The zero-order valence-electron chi connectivity index (χ0n) is 14.0. The van der Waals surface area contributed by atoms with Crippen molar-refractivity contribution in [2.75, 3.05) is 39.4 Å². The predicted molar refractivity (Wildman–Crippen MR) is 93.9 cm³/mol. The van der Waals surface area contributed by atoms with E-state index in [2.05, 4.69) is 31.2 Å². The Balaban J connectivity index is 2.87. The van der Waals surface area contributed by atoms with Gasteiger partial charge in [-0.25, -0.2) is 0 Å². The molecule has 0 saturated heterocycles. The zero-order chi connectivity index (χ0) is 16.3. The minimum atomic E-state index is 0.170. The van der Waals surface area contributed by atoms with E-state index in [1.165, 1.54) is 11.3 Å². The lowest BCUT2D eigenvalue weighted by atomic mass is 10.1. The maximum absolute atomic E-state index is 9.50. The van der Waals surface area contributed by atoms with Crippen LogP contribution in [0.2, 0.25) is 0 Å². The van der Waals surface area contributed by atoms with Gasteiger partial charge >= 0.3 is 0 Å². The Hall–Kier alpha value is -0.940. The average molecular weight is 309 g/mol. The molecule has 0 aliphatic heterocycles. The molecule has 1 aromatic rings. The quantitative estimate of drug-likeness (QED) is 0.409. The molecule has 0 aromatic heterocycles. The van der Waals surface area contributed by atoms with Gasteiger partial charge in [0.25, 0.3) is 0 Å². The first-order chi connectivity index (χ1) is 10.7. The lowest BCUT2D eigenvalue weighted by molar-refractivity contribution is 0.180. The number of unbranched alkanes of at least 4 members (excludes halogenated alkanes) is 1. The van der Waals surface area contributed by atoms with Crippen LogP contribution in [-0.2, 0) is 6.42 Å². The number of quaternary nitrogens is 1. The molecule has 22 heavy (non-hydrogen) atoms. The Morgan fingerprint density at radius 1 is 0.909 bits per heavy atom. The lowest BCUT2D eigenvalue weighted by Crippen LogP contribution is -2.52. The van der Waals surface area contributed by atoms with Crippen molar-refractivity contribution in [3.63, 3.8) is 0 Å². The molecule has 1 unspecified atom stereocenters. The van der Waals surface area contributed by atoms with E-state index in [9.17, 15) is 10.2 Å². The van der Waals surface area contributed by atoms with Crippen LogP contribution in [0.1, 0.15) is 38.2 Å². The number of aliphatic hydroxyl groups excluding tert-OH is 2. The number of benzene rings is 1. The van der Waals surface area contributed by atoms with Crippen LogP contribution in [0.5, 0.6) is 0 Å². The van der Waals surface area contributed by atoms with Gasteiger partial charge in [-0.15, -0.1) is 0 Å². The molecule has 0 bridgehead atoms. The van der Waals surface area contributed by atoms with E-state index in [0.717, 1.165) is 56.2 Å². The van der Waals surface area contributed by atoms with Crippen LogP contribution in [-0.4, -0.2) is 49.6 Å². The number of hydrogen-bond acceptors (Lipinski definition) is 3. The summed E-state index contributed by atoms with van der Waals surface area (Å²) in [6.07, 6.45) is 5.09. The highest BCUT2D eigenvalue weighted by atomic mass is 16.3. The number of aliphatic hydroxyl groups is 2. The third-order valence-corrected chi connectivity index (χ3v) is 4.33. The standard InChI is InChI=1S/C18H33N2O2/c1-2-12-20(14-16-22,13-5-15-21)18-9-7-17(8-10-18)6-3-4-11-19/h7-10,21-22H,2-6,11-16,19H2,1H3/q+1. The molecule has 4 heteroatoms. The molecule has 0 aliphatic carbocycles. The lowest BCUT2D eigenvalue weighted by Gasteiger charge is -2.38. The molecule has 0 heterocycles. The number of nitrogens with two attached hydrogens (primary N) is 1. The fraction of sp³-hybridized carbons (Fsp3) is 0.667. The van der Waals surface area contributed by atoms with E-state index in [0.29, 0.717) is 6.54 Å². The summed E-state index contributed by atoms with van der Waals surface area (Å²) >= 11 is 0. The number of aryl methyl sites for hydroxylation is 1. The molecule has 1 aromatic carbocycles. The van der Waals surface area contributed by atoms with Gasteiger partial charge in [-0.1, -0.05) is 19.1 Å². The van der Waals surface area contributed by atoms with Gasteiger partial charge in [0.15, 0.2) is 0 Å². The van der Waals surface area contributed by atoms with E-state index < -0.39 is 0 Å². The average Bonchev–Trinajstić information content (AvgIpc) is 2.54. The Labute approximate surface area is 135 Å². The van der Waals surface area contributed by atoms with Crippen LogP contribution in [0.15, 0.2) is 24.3 Å². The Morgan fingerprint density at radius 3 is 2.18 bits per heavy atom. The van der Waals surface area contributed by atoms with Crippen molar-refractivity contribution in [1.29, 1.82) is 0 Å². The van der Waals surface area contributed by atoms with Crippen molar-refractivity contribution in [3.05, 3.63) is 29.8 Å². The van der Waals surface area contributed by atoms with Gasteiger partial charge in [0.05, 0.1) is 19.7 Å². The fourth-order valence-corrected chi connectivity index (χ4v) is 3.17. The summed E-state index contributed by atoms with van der Waals surface area (Å²) in [5.41, 5.74) is 8.13. The number of hydrogen-bond donors (Lipinski definition) is 3. The summed E-state index contributed by atoms with van der Waals surface area (Å²) in [4.78, 5) is 0. The fourth-order valence-electron chi connectivity index (χ4n) is 3.17. The molecule has 4 nitrogen and oxygen atoms in total. The summed E-state index contributed by atoms with van der Waals surface area (Å²) in [6.45, 7) is 5.87. The third-order valence-electron chi connectivity index (χ3n) is 4.33. The van der Waals surface area contributed by atoms with Crippen molar-refractivity contribution >= 4 is 5.69 Å².